The first-order valence-corrected chi connectivity index (χ1v) is 9.12. The van der Waals surface area contributed by atoms with Crippen LogP contribution < -0.4 is 5.32 Å². The van der Waals surface area contributed by atoms with Crippen LogP contribution in [-0.2, 0) is 9.53 Å². The van der Waals surface area contributed by atoms with Crippen molar-refractivity contribution in [1.29, 1.82) is 0 Å². The quantitative estimate of drug-likeness (QED) is 0.650. The number of amides is 1. The van der Waals surface area contributed by atoms with Crippen LogP contribution >= 0.6 is 11.6 Å². The maximum Gasteiger partial charge on any atom is 0.338 e. The van der Waals surface area contributed by atoms with Gasteiger partial charge in [-0.25, -0.2) is 9.48 Å². The number of aryl methyl sites for hydroxylation is 2. The zero-order valence-electron chi connectivity index (χ0n) is 15.8. The number of esters is 1. The monoisotopic (exact) mass is 397 g/mol. The van der Waals surface area contributed by atoms with E-state index in [0.29, 0.717) is 16.3 Å². The number of anilines is 1. The Bertz CT molecular complexity index is 995. The number of carbonyl (C=O) groups is 2. The van der Waals surface area contributed by atoms with Crippen molar-refractivity contribution < 1.29 is 14.3 Å². The molecule has 144 valence electrons. The van der Waals surface area contributed by atoms with Crippen LogP contribution in [0.3, 0.4) is 0 Å². The van der Waals surface area contributed by atoms with Crippen LogP contribution in [0.2, 0.25) is 5.02 Å². The van der Waals surface area contributed by atoms with Crippen molar-refractivity contribution in [3.8, 4) is 5.69 Å². The Morgan fingerprint density at radius 1 is 1.07 bits per heavy atom. The maximum absolute atomic E-state index is 12.3. The molecule has 6 nitrogen and oxygen atoms in total. The molecule has 0 bridgehead atoms. The summed E-state index contributed by atoms with van der Waals surface area (Å²) in [4.78, 5) is 24.5. The van der Waals surface area contributed by atoms with Crippen molar-refractivity contribution in [2.75, 3.05) is 5.32 Å². The standard InChI is InChI=1S/C21H20ClN3O3/c1-13-12-14(2)25(24-13)19-10-4-16(5-11-19)21(27)28-15(3)20(26)23-18-8-6-17(22)7-9-18/h4-12,15H,1-3H3,(H,23,26). The zero-order valence-corrected chi connectivity index (χ0v) is 16.5. The first-order chi connectivity index (χ1) is 13.3. The summed E-state index contributed by atoms with van der Waals surface area (Å²) in [7, 11) is 0. The second-order valence-corrected chi connectivity index (χ2v) is 6.87. The summed E-state index contributed by atoms with van der Waals surface area (Å²) in [5, 5.41) is 7.66. The second kappa shape index (κ2) is 8.27. The molecule has 2 aromatic carbocycles. The fourth-order valence-electron chi connectivity index (χ4n) is 2.69. The molecule has 0 fully saturated rings. The number of aromatic nitrogens is 2. The molecule has 1 N–H and O–H groups in total. The minimum atomic E-state index is -0.945. The van der Waals surface area contributed by atoms with Crippen molar-refractivity contribution in [3.05, 3.63) is 76.6 Å². The maximum atomic E-state index is 12.3. The summed E-state index contributed by atoms with van der Waals surface area (Å²) in [5.41, 5.74) is 3.69. The van der Waals surface area contributed by atoms with Gasteiger partial charge in [-0.15, -0.1) is 0 Å². The Morgan fingerprint density at radius 2 is 1.71 bits per heavy atom. The Labute approximate surface area is 168 Å². The highest BCUT2D eigenvalue weighted by atomic mass is 35.5. The number of nitrogens with one attached hydrogen (secondary N) is 1. The molecule has 7 heteroatoms. The third-order valence-corrected chi connectivity index (χ3v) is 4.37. The highest BCUT2D eigenvalue weighted by Crippen LogP contribution is 2.16. The molecule has 3 rings (SSSR count). The van der Waals surface area contributed by atoms with Gasteiger partial charge < -0.3 is 10.1 Å². The van der Waals surface area contributed by atoms with Crippen LogP contribution in [0.1, 0.15) is 28.7 Å². The van der Waals surface area contributed by atoms with Crippen molar-refractivity contribution in [2.45, 2.75) is 26.9 Å². The fourth-order valence-corrected chi connectivity index (χ4v) is 2.81. The number of hydrogen-bond donors (Lipinski definition) is 1. The summed E-state index contributed by atoms with van der Waals surface area (Å²) < 4.78 is 7.07. The zero-order chi connectivity index (χ0) is 20.3. The molecule has 0 aliphatic heterocycles. The molecule has 3 aromatic rings. The van der Waals surface area contributed by atoms with Gasteiger partial charge in [0.2, 0.25) is 0 Å². The van der Waals surface area contributed by atoms with E-state index in [-0.39, 0.29) is 0 Å². The van der Waals surface area contributed by atoms with Gasteiger partial charge in [0, 0.05) is 16.4 Å². The number of benzene rings is 2. The fraction of sp³-hybridized carbons (Fsp3) is 0.190. The molecule has 0 radical (unpaired) electrons. The Hall–Kier alpha value is -3.12. The summed E-state index contributed by atoms with van der Waals surface area (Å²) in [6, 6.07) is 15.5. The average Bonchev–Trinajstić information content (AvgIpc) is 3.01. The molecule has 1 aromatic heterocycles. The summed E-state index contributed by atoms with van der Waals surface area (Å²) in [6.07, 6.45) is -0.945. The van der Waals surface area contributed by atoms with E-state index in [0.717, 1.165) is 17.1 Å². The van der Waals surface area contributed by atoms with Gasteiger partial charge in [-0.1, -0.05) is 11.6 Å². The van der Waals surface area contributed by atoms with E-state index in [1.807, 2.05) is 19.9 Å². The minimum absolute atomic E-state index is 0.358. The largest absolute Gasteiger partial charge is 0.449 e. The van der Waals surface area contributed by atoms with Gasteiger partial charge in [-0.05, 0) is 75.4 Å². The van der Waals surface area contributed by atoms with E-state index < -0.39 is 18.0 Å². The lowest BCUT2D eigenvalue weighted by Crippen LogP contribution is -2.30. The Kier molecular flexibility index (Phi) is 5.80. The van der Waals surface area contributed by atoms with Gasteiger partial charge in [0.05, 0.1) is 16.9 Å². The molecule has 1 heterocycles. The van der Waals surface area contributed by atoms with Crippen molar-refractivity contribution in [1.82, 2.24) is 9.78 Å². The molecule has 1 amide bonds. The number of carbonyl (C=O) groups excluding carboxylic acids is 2. The van der Waals surface area contributed by atoms with Gasteiger partial charge in [0.1, 0.15) is 0 Å². The van der Waals surface area contributed by atoms with Gasteiger partial charge in [-0.3, -0.25) is 4.79 Å². The molecular formula is C21H20ClN3O3. The summed E-state index contributed by atoms with van der Waals surface area (Å²) in [6.45, 7) is 5.41. The minimum Gasteiger partial charge on any atom is -0.449 e. The SMILES string of the molecule is Cc1cc(C)n(-c2ccc(C(=O)OC(C)C(=O)Nc3ccc(Cl)cc3)cc2)n1. The van der Waals surface area contributed by atoms with Crippen LogP contribution in [-0.4, -0.2) is 27.8 Å². The normalized spacial score (nSPS) is 11.7. The number of halogens is 1. The third-order valence-electron chi connectivity index (χ3n) is 4.12. The third kappa shape index (κ3) is 4.58. The predicted octanol–water partition coefficient (Wildman–Crippen LogP) is 4.33. The summed E-state index contributed by atoms with van der Waals surface area (Å²) in [5.74, 6) is -0.992. The molecule has 28 heavy (non-hydrogen) atoms. The van der Waals surface area contributed by atoms with Crippen LogP contribution in [0.4, 0.5) is 5.69 Å². The summed E-state index contributed by atoms with van der Waals surface area (Å²) >= 11 is 5.82. The van der Waals surface area contributed by atoms with Crippen molar-refractivity contribution in [2.24, 2.45) is 0 Å². The predicted molar refractivity (Wildman–Crippen MR) is 108 cm³/mol. The van der Waals surface area contributed by atoms with E-state index in [1.54, 1.807) is 53.2 Å². The van der Waals surface area contributed by atoms with Crippen LogP contribution in [0.25, 0.3) is 5.69 Å². The van der Waals surface area contributed by atoms with Gasteiger partial charge in [-0.2, -0.15) is 5.10 Å². The first kappa shape index (κ1) is 19.6. The van der Waals surface area contributed by atoms with E-state index in [9.17, 15) is 9.59 Å². The topological polar surface area (TPSA) is 73.2 Å². The number of ether oxygens (including phenoxy) is 1. The smallest absolute Gasteiger partial charge is 0.338 e. The van der Waals surface area contributed by atoms with Crippen LogP contribution in [0, 0.1) is 13.8 Å². The number of rotatable bonds is 5. The van der Waals surface area contributed by atoms with Gasteiger partial charge in [0.25, 0.3) is 5.91 Å². The van der Waals surface area contributed by atoms with E-state index in [1.165, 1.54) is 6.92 Å². The average molecular weight is 398 g/mol. The lowest BCUT2D eigenvalue weighted by Gasteiger charge is -2.14. The van der Waals surface area contributed by atoms with E-state index in [2.05, 4.69) is 10.4 Å². The van der Waals surface area contributed by atoms with Gasteiger partial charge >= 0.3 is 5.97 Å². The number of hydrogen-bond acceptors (Lipinski definition) is 4. The van der Waals surface area contributed by atoms with E-state index in [4.69, 9.17) is 16.3 Å². The molecule has 0 aliphatic rings. The molecule has 1 unspecified atom stereocenters. The molecule has 1 atom stereocenters. The molecular weight excluding hydrogens is 378 g/mol. The first-order valence-electron chi connectivity index (χ1n) is 8.74. The Morgan fingerprint density at radius 3 is 2.29 bits per heavy atom. The number of nitrogens with zero attached hydrogens (tertiary/aromatic N) is 2. The van der Waals surface area contributed by atoms with Crippen molar-refractivity contribution in [3.63, 3.8) is 0 Å². The van der Waals surface area contributed by atoms with E-state index >= 15 is 0 Å². The lowest BCUT2D eigenvalue weighted by molar-refractivity contribution is -0.123. The lowest BCUT2D eigenvalue weighted by atomic mass is 10.2. The highest BCUT2D eigenvalue weighted by molar-refractivity contribution is 6.30. The molecule has 0 saturated carbocycles. The molecule has 0 saturated heterocycles. The highest BCUT2D eigenvalue weighted by Gasteiger charge is 2.19. The van der Waals surface area contributed by atoms with Gasteiger partial charge in [0.15, 0.2) is 6.10 Å². The molecule has 0 spiro atoms. The molecule has 0 aliphatic carbocycles. The van der Waals surface area contributed by atoms with Crippen molar-refractivity contribution >= 4 is 29.2 Å². The second-order valence-electron chi connectivity index (χ2n) is 6.43. The Balaban J connectivity index is 1.62. The van der Waals surface area contributed by atoms with Crippen LogP contribution in [0.15, 0.2) is 54.6 Å². The van der Waals surface area contributed by atoms with Crippen LogP contribution in [0.5, 0.6) is 0 Å².